The molecule has 0 unspecified atom stereocenters. The van der Waals surface area contributed by atoms with Crippen LogP contribution in [-0.4, -0.2) is 34.1 Å². The van der Waals surface area contributed by atoms with Crippen LogP contribution in [0, 0.1) is 0 Å². The van der Waals surface area contributed by atoms with Gasteiger partial charge in [0.05, 0.1) is 0 Å². The van der Waals surface area contributed by atoms with E-state index in [9.17, 15) is 4.79 Å². The van der Waals surface area contributed by atoms with Crippen LogP contribution in [0.3, 0.4) is 0 Å². The number of carboxylic acid groups (broad SMARTS) is 1. The lowest BCUT2D eigenvalue weighted by Crippen LogP contribution is -2.35. The van der Waals surface area contributed by atoms with Crippen molar-refractivity contribution in [3.8, 4) is 0 Å². The van der Waals surface area contributed by atoms with Gasteiger partial charge in [-0.25, -0.2) is 10.2 Å². The average molecular weight is 204 g/mol. The molecule has 0 rings (SSSR count). The van der Waals surface area contributed by atoms with Crippen LogP contribution in [0.15, 0.2) is 11.8 Å². The smallest absolute Gasteiger partial charge is 0.352 e. The molecule has 0 aliphatic rings. The summed E-state index contributed by atoms with van der Waals surface area (Å²) in [6, 6.07) is 0. The molecule has 0 aromatic rings. The minimum atomic E-state index is -1.31. The van der Waals surface area contributed by atoms with E-state index in [-0.39, 0.29) is 12.1 Å². The topological polar surface area (TPSA) is 102 Å². The maximum absolute atomic E-state index is 10.5. The maximum atomic E-state index is 10.5. The lowest BCUT2D eigenvalue weighted by Gasteiger charge is -2.08. The van der Waals surface area contributed by atoms with Gasteiger partial charge < -0.3 is 20.7 Å². The van der Waals surface area contributed by atoms with Gasteiger partial charge in [0.1, 0.15) is 5.70 Å². The molecule has 82 valence electrons. The summed E-state index contributed by atoms with van der Waals surface area (Å²) in [7, 11) is 0. The van der Waals surface area contributed by atoms with Crippen molar-refractivity contribution in [3.05, 3.63) is 11.8 Å². The van der Waals surface area contributed by atoms with E-state index in [1.165, 1.54) is 6.08 Å². The van der Waals surface area contributed by atoms with Gasteiger partial charge in [0.2, 0.25) is 0 Å². The monoisotopic (exact) mass is 204 g/mol. The van der Waals surface area contributed by atoms with Gasteiger partial charge in [-0.15, -0.1) is 0 Å². The molecule has 0 atom stereocenters. The van der Waals surface area contributed by atoms with Crippen molar-refractivity contribution in [1.29, 1.82) is 0 Å². The van der Waals surface area contributed by atoms with Crippen LogP contribution in [0.2, 0.25) is 0 Å². The van der Waals surface area contributed by atoms with Crippen LogP contribution in [0.1, 0.15) is 19.8 Å². The maximum Gasteiger partial charge on any atom is 0.352 e. The fraction of sp³-hybridized carbons (Fsp3) is 0.625. The van der Waals surface area contributed by atoms with Crippen molar-refractivity contribution < 1.29 is 20.1 Å². The molecule has 0 aliphatic heterocycles. The van der Waals surface area contributed by atoms with Crippen molar-refractivity contribution >= 4 is 5.97 Å². The highest BCUT2D eigenvalue weighted by Crippen LogP contribution is 1.91. The third-order valence-corrected chi connectivity index (χ3v) is 1.51. The van der Waals surface area contributed by atoms with Crippen LogP contribution >= 0.6 is 0 Å². The predicted octanol–water partition coefficient (Wildman–Crippen LogP) is -0.840. The summed E-state index contributed by atoms with van der Waals surface area (Å²) < 4.78 is 0. The summed E-state index contributed by atoms with van der Waals surface area (Å²) >= 11 is 0. The number of aliphatic hydroxyl groups is 2. The first kappa shape index (κ1) is 12.9. The quantitative estimate of drug-likeness (QED) is 0.160. The Bertz CT molecular complexity index is 204. The largest absolute Gasteiger partial charge is 0.477 e. The van der Waals surface area contributed by atoms with Gasteiger partial charge in [0.25, 0.3) is 0 Å². The molecule has 6 nitrogen and oxygen atoms in total. The van der Waals surface area contributed by atoms with Crippen molar-refractivity contribution in [2.24, 2.45) is 0 Å². The van der Waals surface area contributed by atoms with Crippen LogP contribution in [0.4, 0.5) is 0 Å². The van der Waals surface area contributed by atoms with E-state index >= 15 is 0 Å². The lowest BCUT2D eigenvalue weighted by molar-refractivity contribution is -0.133. The van der Waals surface area contributed by atoms with Crippen molar-refractivity contribution in [1.82, 2.24) is 10.9 Å². The Balaban J connectivity index is 3.49. The molecule has 0 bridgehead atoms. The molecule has 0 radical (unpaired) electrons. The second-order valence-electron chi connectivity index (χ2n) is 2.68. The molecule has 0 aromatic heterocycles. The van der Waals surface area contributed by atoms with E-state index in [0.717, 1.165) is 0 Å². The second-order valence-corrected chi connectivity index (χ2v) is 2.68. The number of nitrogens with one attached hydrogen (secondary N) is 2. The summed E-state index contributed by atoms with van der Waals surface area (Å²) in [4.78, 5) is 10.5. The summed E-state index contributed by atoms with van der Waals surface area (Å²) in [6.07, 6.45) is 0.919. The van der Waals surface area contributed by atoms with E-state index in [0.29, 0.717) is 13.0 Å². The molecular formula is C8H16N2O4. The Labute approximate surface area is 82.2 Å². The zero-order valence-electron chi connectivity index (χ0n) is 8.03. The van der Waals surface area contributed by atoms with Gasteiger partial charge in [-0.2, -0.15) is 0 Å². The van der Waals surface area contributed by atoms with Gasteiger partial charge in [-0.05, 0) is 19.8 Å². The van der Waals surface area contributed by atoms with Crippen molar-refractivity contribution in [2.75, 3.05) is 6.54 Å². The molecule has 14 heavy (non-hydrogen) atoms. The Hall–Kier alpha value is -1.11. The van der Waals surface area contributed by atoms with Crippen molar-refractivity contribution in [3.63, 3.8) is 0 Å². The number of hydrogen-bond acceptors (Lipinski definition) is 5. The number of hydrogen-bond donors (Lipinski definition) is 5. The lowest BCUT2D eigenvalue weighted by atomic mass is 10.3. The Kier molecular flexibility index (Phi) is 6.73. The Morgan fingerprint density at radius 3 is 2.57 bits per heavy atom. The van der Waals surface area contributed by atoms with E-state index in [2.05, 4.69) is 10.9 Å². The SMILES string of the molecule is C/C=C(\NNCCCC(O)O)C(=O)O. The molecule has 0 aliphatic carbocycles. The van der Waals surface area contributed by atoms with Crippen molar-refractivity contribution in [2.45, 2.75) is 26.1 Å². The van der Waals surface area contributed by atoms with Gasteiger partial charge in [-0.3, -0.25) is 0 Å². The number of aliphatic hydroxyl groups excluding tert-OH is 1. The molecule has 0 amide bonds. The normalized spacial score (nSPS) is 11.9. The van der Waals surface area contributed by atoms with E-state index in [4.69, 9.17) is 15.3 Å². The Morgan fingerprint density at radius 2 is 2.14 bits per heavy atom. The number of aliphatic carboxylic acids is 1. The molecule has 6 heteroatoms. The molecule has 0 spiro atoms. The third kappa shape index (κ3) is 6.41. The van der Waals surface area contributed by atoms with Gasteiger partial charge in [-0.1, -0.05) is 6.08 Å². The number of hydrazine groups is 1. The highest BCUT2D eigenvalue weighted by atomic mass is 16.5. The number of carbonyl (C=O) groups is 1. The second kappa shape index (κ2) is 7.31. The molecular weight excluding hydrogens is 188 g/mol. The van der Waals surface area contributed by atoms with E-state index < -0.39 is 12.3 Å². The molecule has 0 heterocycles. The number of allylic oxidation sites excluding steroid dienone is 1. The summed E-state index contributed by atoms with van der Waals surface area (Å²) in [5.41, 5.74) is 5.21. The average Bonchev–Trinajstić information content (AvgIpc) is 2.10. The molecule has 0 saturated heterocycles. The molecule has 0 fully saturated rings. The Morgan fingerprint density at radius 1 is 1.50 bits per heavy atom. The third-order valence-electron chi connectivity index (χ3n) is 1.51. The van der Waals surface area contributed by atoms with E-state index in [1.54, 1.807) is 6.92 Å². The van der Waals surface area contributed by atoms with Crippen LogP contribution in [0.25, 0.3) is 0 Å². The van der Waals surface area contributed by atoms with Crippen LogP contribution in [-0.2, 0) is 4.79 Å². The first-order valence-electron chi connectivity index (χ1n) is 4.32. The standard InChI is InChI=1S/C8H16N2O4/c1-2-6(8(13)14)10-9-5-3-4-7(11)12/h2,7,9-12H,3-5H2,1H3,(H,13,14)/b6-2-. The van der Waals surface area contributed by atoms with Gasteiger partial charge in [0.15, 0.2) is 6.29 Å². The summed E-state index contributed by atoms with van der Waals surface area (Å²) in [5.74, 6) is -1.04. The fourth-order valence-corrected chi connectivity index (χ4v) is 0.780. The van der Waals surface area contributed by atoms with Crippen LogP contribution < -0.4 is 10.9 Å². The van der Waals surface area contributed by atoms with Gasteiger partial charge >= 0.3 is 5.97 Å². The highest BCUT2D eigenvalue weighted by molar-refractivity contribution is 5.85. The number of carboxylic acids is 1. The summed E-state index contributed by atoms with van der Waals surface area (Å²) in [5, 5.41) is 25.6. The minimum Gasteiger partial charge on any atom is -0.477 e. The molecule has 0 aromatic carbocycles. The fourth-order valence-electron chi connectivity index (χ4n) is 0.780. The summed E-state index contributed by atoms with van der Waals surface area (Å²) in [6.45, 7) is 2.07. The number of rotatable bonds is 7. The zero-order valence-corrected chi connectivity index (χ0v) is 8.03. The molecule has 0 saturated carbocycles. The van der Waals surface area contributed by atoms with Crippen LogP contribution in [0.5, 0.6) is 0 Å². The predicted molar refractivity (Wildman–Crippen MR) is 50.0 cm³/mol. The molecule has 5 N–H and O–H groups in total. The van der Waals surface area contributed by atoms with Gasteiger partial charge in [0, 0.05) is 6.54 Å². The zero-order chi connectivity index (χ0) is 11.0. The highest BCUT2D eigenvalue weighted by Gasteiger charge is 2.03. The first-order valence-corrected chi connectivity index (χ1v) is 4.32. The first-order chi connectivity index (χ1) is 6.57. The van der Waals surface area contributed by atoms with E-state index in [1.807, 2.05) is 0 Å². The minimum absolute atomic E-state index is 0.0644.